The van der Waals surface area contributed by atoms with Gasteiger partial charge in [0.05, 0.1) is 0 Å². The molecule has 5 heteroatoms. The lowest BCUT2D eigenvalue weighted by Gasteiger charge is -2.06. The average molecular weight is 313 g/mol. The van der Waals surface area contributed by atoms with Crippen LogP contribution in [-0.2, 0) is 16.0 Å². The number of carbonyl (C=O) groups is 2. The van der Waals surface area contributed by atoms with E-state index in [9.17, 15) is 9.59 Å². The highest BCUT2D eigenvalue weighted by molar-refractivity contribution is 6.35. The lowest BCUT2D eigenvalue weighted by Crippen LogP contribution is -2.27. The van der Waals surface area contributed by atoms with Gasteiger partial charge in [0.2, 0.25) is 5.78 Å². The molecule has 0 unspecified atom stereocenters. The fourth-order valence-electron chi connectivity index (χ4n) is 2.14. The maximum atomic E-state index is 11.2. The molecule has 2 aromatic rings. The topological polar surface area (TPSA) is 75.6 Å². The van der Waals surface area contributed by atoms with E-state index in [-0.39, 0.29) is 6.42 Å². The number of hydroxylamine groups is 1. The van der Waals surface area contributed by atoms with Crippen LogP contribution in [0.1, 0.15) is 24.8 Å². The summed E-state index contributed by atoms with van der Waals surface area (Å²) in [6, 6.07) is 17.4. The van der Waals surface area contributed by atoms with E-state index in [2.05, 4.69) is 0 Å². The maximum absolute atomic E-state index is 11.2. The second kappa shape index (κ2) is 8.70. The number of ether oxygens (including phenoxy) is 1. The third kappa shape index (κ3) is 5.56. The Labute approximate surface area is 134 Å². The van der Waals surface area contributed by atoms with Gasteiger partial charge >= 0.3 is 5.91 Å². The predicted octanol–water partition coefficient (Wildman–Crippen LogP) is 3.27. The van der Waals surface area contributed by atoms with E-state index in [4.69, 9.17) is 9.94 Å². The van der Waals surface area contributed by atoms with Crippen LogP contribution in [0.3, 0.4) is 0 Å². The van der Waals surface area contributed by atoms with Gasteiger partial charge in [0.15, 0.2) is 0 Å². The van der Waals surface area contributed by atoms with Gasteiger partial charge in [-0.15, -0.1) is 0 Å². The number of aryl methyl sites for hydroxylation is 1. The van der Waals surface area contributed by atoms with Crippen LogP contribution in [0.15, 0.2) is 54.6 Å². The molecule has 2 rings (SSSR count). The molecule has 0 fully saturated rings. The Morgan fingerprint density at radius 3 is 2.22 bits per heavy atom. The standard InChI is InChI=1S/C18H19NO4/c20-17(18(21)19-22)9-5-4-6-14-10-12-16(13-11-14)23-15-7-2-1-3-8-15/h1-3,7-8,10-13,22H,4-6,9H2,(H,19,21). The Balaban J connectivity index is 1.75. The molecule has 120 valence electrons. The van der Waals surface area contributed by atoms with Crippen molar-refractivity contribution < 1.29 is 19.5 Å². The normalized spacial score (nSPS) is 10.1. The molecule has 1 amide bonds. The molecule has 2 N–H and O–H groups in total. The number of para-hydroxylation sites is 1. The van der Waals surface area contributed by atoms with Crippen LogP contribution in [0.2, 0.25) is 0 Å². The second-order valence-corrected chi connectivity index (χ2v) is 5.13. The molecule has 5 nitrogen and oxygen atoms in total. The van der Waals surface area contributed by atoms with Crippen LogP contribution in [0, 0.1) is 0 Å². The molecule has 0 atom stereocenters. The molecular formula is C18H19NO4. The fraction of sp³-hybridized carbons (Fsp3) is 0.222. The third-order valence-corrected chi connectivity index (χ3v) is 3.38. The lowest BCUT2D eigenvalue weighted by atomic mass is 10.1. The van der Waals surface area contributed by atoms with Gasteiger partial charge in [0.1, 0.15) is 11.5 Å². The smallest absolute Gasteiger partial charge is 0.310 e. The summed E-state index contributed by atoms with van der Waals surface area (Å²) in [6.45, 7) is 0. The number of carbonyl (C=O) groups excluding carboxylic acids is 2. The molecule has 0 spiro atoms. The van der Waals surface area contributed by atoms with Crippen LogP contribution in [-0.4, -0.2) is 16.9 Å². The molecule has 0 radical (unpaired) electrons. The Kier molecular flexibility index (Phi) is 6.32. The molecule has 0 aromatic heterocycles. The second-order valence-electron chi connectivity index (χ2n) is 5.13. The van der Waals surface area contributed by atoms with Crippen LogP contribution in [0.4, 0.5) is 0 Å². The summed E-state index contributed by atoms with van der Waals surface area (Å²) in [4.78, 5) is 22.1. The minimum Gasteiger partial charge on any atom is -0.457 e. The van der Waals surface area contributed by atoms with Gasteiger partial charge in [-0.3, -0.25) is 14.8 Å². The van der Waals surface area contributed by atoms with Crippen molar-refractivity contribution in [2.45, 2.75) is 25.7 Å². The SMILES string of the molecule is O=C(CCCCc1ccc(Oc2ccccc2)cc1)C(=O)NO. The Morgan fingerprint density at radius 2 is 1.57 bits per heavy atom. The Bertz CT molecular complexity index is 638. The lowest BCUT2D eigenvalue weighted by molar-refractivity contribution is -0.143. The van der Waals surface area contributed by atoms with Crippen molar-refractivity contribution in [1.29, 1.82) is 0 Å². The van der Waals surface area contributed by atoms with E-state index in [1.165, 1.54) is 5.48 Å². The van der Waals surface area contributed by atoms with Gasteiger partial charge in [-0.25, -0.2) is 5.48 Å². The van der Waals surface area contributed by atoms with E-state index in [1.54, 1.807) is 0 Å². The number of amides is 1. The Morgan fingerprint density at radius 1 is 0.913 bits per heavy atom. The summed E-state index contributed by atoms with van der Waals surface area (Å²) >= 11 is 0. The zero-order valence-electron chi connectivity index (χ0n) is 12.7. The molecule has 0 saturated heterocycles. The summed E-state index contributed by atoms with van der Waals surface area (Å²) in [5, 5.41) is 8.34. The van der Waals surface area contributed by atoms with Gasteiger partial charge < -0.3 is 4.74 Å². The third-order valence-electron chi connectivity index (χ3n) is 3.38. The van der Waals surface area contributed by atoms with E-state index in [1.807, 2.05) is 54.6 Å². The number of unbranched alkanes of at least 4 members (excludes halogenated alkanes) is 1. The Hall–Kier alpha value is -2.66. The van der Waals surface area contributed by atoms with E-state index >= 15 is 0 Å². The molecule has 2 aromatic carbocycles. The zero-order valence-corrected chi connectivity index (χ0v) is 12.7. The first-order chi connectivity index (χ1) is 11.2. The number of Topliss-reactive ketones (excluding diaryl/α,β-unsaturated/α-hetero) is 1. The van der Waals surface area contributed by atoms with Gasteiger partial charge in [-0.2, -0.15) is 0 Å². The van der Waals surface area contributed by atoms with E-state index < -0.39 is 11.7 Å². The quantitative estimate of drug-likeness (QED) is 0.339. The zero-order chi connectivity index (χ0) is 16.5. The minimum absolute atomic E-state index is 0.140. The highest BCUT2D eigenvalue weighted by Crippen LogP contribution is 2.21. The first-order valence-corrected chi connectivity index (χ1v) is 7.48. The number of hydrogen-bond donors (Lipinski definition) is 2. The number of nitrogens with one attached hydrogen (secondary N) is 1. The van der Waals surface area contributed by atoms with Crippen molar-refractivity contribution in [2.24, 2.45) is 0 Å². The summed E-state index contributed by atoms with van der Waals surface area (Å²) in [7, 11) is 0. The van der Waals surface area contributed by atoms with Crippen molar-refractivity contribution in [3.8, 4) is 11.5 Å². The van der Waals surface area contributed by atoms with Gasteiger partial charge in [0.25, 0.3) is 0 Å². The number of benzene rings is 2. The van der Waals surface area contributed by atoms with E-state index in [0.717, 1.165) is 29.9 Å². The molecule has 0 aliphatic rings. The molecule has 0 aliphatic heterocycles. The highest BCUT2D eigenvalue weighted by Gasteiger charge is 2.11. The number of hydrogen-bond acceptors (Lipinski definition) is 4. The summed E-state index contributed by atoms with van der Waals surface area (Å²) in [5.41, 5.74) is 2.49. The fourth-order valence-corrected chi connectivity index (χ4v) is 2.14. The monoisotopic (exact) mass is 313 g/mol. The predicted molar refractivity (Wildman–Crippen MR) is 85.4 cm³/mol. The maximum Gasteiger partial charge on any atom is 0.310 e. The van der Waals surface area contributed by atoms with Gasteiger partial charge in [0, 0.05) is 6.42 Å². The van der Waals surface area contributed by atoms with E-state index in [0.29, 0.717) is 6.42 Å². The summed E-state index contributed by atoms with van der Waals surface area (Å²) in [5.74, 6) is 0.0159. The molecule has 0 bridgehead atoms. The number of rotatable bonds is 8. The van der Waals surface area contributed by atoms with Crippen molar-refractivity contribution >= 4 is 11.7 Å². The number of ketones is 1. The molecule has 0 aliphatic carbocycles. The van der Waals surface area contributed by atoms with Crippen LogP contribution in [0.25, 0.3) is 0 Å². The van der Waals surface area contributed by atoms with Gasteiger partial charge in [-0.1, -0.05) is 30.3 Å². The molecule has 23 heavy (non-hydrogen) atoms. The van der Waals surface area contributed by atoms with Crippen molar-refractivity contribution in [1.82, 2.24) is 5.48 Å². The highest BCUT2D eigenvalue weighted by atomic mass is 16.5. The van der Waals surface area contributed by atoms with Gasteiger partial charge in [-0.05, 0) is 49.1 Å². The molecule has 0 heterocycles. The average Bonchev–Trinajstić information content (AvgIpc) is 2.60. The first-order valence-electron chi connectivity index (χ1n) is 7.48. The first kappa shape index (κ1) is 16.7. The largest absolute Gasteiger partial charge is 0.457 e. The van der Waals surface area contributed by atoms with Crippen LogP contribution < -0.4 is 10.2 Å². The van der Waals surface area contributed by atoms with Crippen molar-refractivity contribution in [3.05, 3.63) is 60.2 Å². The molecule has 0 saturated carbocycles. The molecular weight excluding hydrogens is 294 g/mol. The van der Waals surface area contributed by atoms with Crippen LogP contribution in [0.5, 0.6) is 11.5 Å². The van der Waals surface area contributed by atoms with Crippen molar-refractivity contribution in [3.63, 3.8) is 0 Å². The summed E-state index contributed by atoms with van der Waals surface area (Å²) < 4.78 is 5.72. The summed E-state index contributed by atoms with van der Waals surface area (Å²) in [6.07, 6.45) is 2.36. The van der Waals surface area contributed by atoms with Crippen LogP contribution >= 0.6 is 0 Å². The minimum atomic E-state index is -0.951. The van der Waals surface area contributed by atoms with Crippen molar-refractivity contribution in [2.75, 3.05) is 0 Å².